The molecule has 0 atom stereocenters. The fourth-order valence-electron chi connectivity index (χ4n) is 1.57. The Morgan fingerprint density at radius 2 is 2.12 bits per heavy atom. The summed E-state index contributed by atoms with van der Waals surface area (Å²) in [4.78, 5) is 13.3. The Hall–Kier alpha value is -2.02. The summed E-state index contributed by atoms with van der Waals surface area (Å²) in [6, 6.07) is 9.35. The van der Waals surface area contributed by atoms with E-state index in [-0.39, 0.29) is 12.5 Å². The third-order valence-corrected chi connectivity index (χ3v) is 2.37. The number of hydrogen-bond donors (Lipinski definition) is 0. The molecular weight excluding hydrogens is 216 g/mol. The minimum atomic E-state index is -0.276. The molecule has 1 rings (SSSR count). The number of carbonyl (C=O) groups excluding carboxylic acids is 1. The molecule has 0 unspecified atom stereocenters. The minimum Gasteiger partial charge on any atom is -0.465 e. The first-order valence-electron chi connectivity index (χ1n) is 5.62. The summed E-state index contributed by atoms with van der Waals surface area (Å²) in [5.74, 6) is -0.276. The van der Waals surface area contributed by atoms with Crippen molar-refractivity contribution in [2.45, 2.75) is 13.8 Å². The highest BCUT2D eigenvalue weighted by Gasteiger charge is 2.13. The molecule has 0 aliphatic heterocycles. The summed E-state index contributed by atoms with van der Waals surface area (Å²) >= 11 is 0. The van der Waals surface area contributed by atoms with Crippen LogP contribution in [0.3, 0.4) is 0 Å². The number of anilines is 1. The van der Waals surface area contributed by atoms with Crippen LogP contribution in [0, 0.1) is 11.3 Å². The average Bonchev–Trinajstić information content (AvgIpc) is 2.36. The van der Waals surface area contributed by atoms with Crippen LogP contribution in [0.2, 0.25) is 0 Å². The van der Waals surface area contributed by atoms with Crippen LogP contribution in [-0.4, -0.2) is 25.7 Å². The molecule has 0 saturated carbocycles. The van der Waals surface area contributed by atoms with Crippen molar-refractivity contribution in [1.29, 1.82) is 5.26 Å². The van der Waals surface area contributed by atoms with Crippen LogP contribution in [0.1, 0.15) is 19.4 Å². The molecule has 0 heterocycles. The molecule has 0 aliphatic rings. The molecule has 0 saturated heterocycles. The number of rotatable bonds is 5. The second-order valence-corrected chi connectivity index (χ2v) is 3.45. The number of nitriles is 1. The summed E-state index contributed by atoms with van der Waals surface area (Å²) in [5, 5.41) is 9.01. The third-order valence-electron chi connectivity index (χ3n) is 2.37. The molecule has 4 nitrogen and oxygen atoms in total. The topological polar surface area (TPSA) is 53.3 Å². The van der Waals surface area contributed by atoms with E-state index in [0.29, 0.717) is 18.7 Å². The predicted octanol–water partition coefficient (Wildman–Crippen LogP) is 1.95. The molecule has 0 aromatic heterocycles. The Labute approximate surface area is 101 Å². The highest BCUT2D eigenvalue weighted by atomic mass is 16.5. The first kappa shape index (κ1) is 13.0. The van der Waals surface area contributed by atoms with Gasteiger partial charge in [0.25, 0.3) is 0 Å². The quantitative estimate of drug-likeness (QED) is 0.728. The maximum atomic E-state index is 11.4. The standard InChI is InChI=1S/C13H16N2O2/c1-3-15(10-13(16)17-4-2)12-8-6-5-7-11(12)9-14/h5-8H,3-4,10H2,1-2H3. The maximum Gasteiger partial charge on any atom is 0.325 e. The summed E-state index contributed by atoms with van der Waals surface area (Å²) in [6.45, 7) is 4.90. The van der Waals surface area contributed by atoms with Gasteiger partial charge in [-0.3, -0.25) is 4.79 Å². The van der Waals surface area contributed by atoms with Crippen molar-refractivity contribution in [2.75, 3.05) is 24.6 Å². The van der Waals surface area contributed by atoms with E-state index in [1.807, 2.05) is 24.0 Å². The van der Waals surface area contributed by atoms with Crippen molar-refractivity contribution in [3.05, 3.63) is 29.8 Å². The van der Waals surface area contributed by atoms with Crippen molar-refractivity contribution in [2.24, 2.45) is 0 Å². The smallest absolute Gasteiger partial charge is 0.325 e. The molecule has 0 bridgehead atoms. The zero-order valence-corrected chi connectivity index (χ0v) is 10.1. The number of carbonyl (C=O) groups is 1. The summed E-state index contributed by atoms with van der Waals surface area (Å²) in [7, 11) is 0. The van der Waals surface area contributed by atoms with Crippen LogP contribution in [0.25, 0.3) is 0 Å². The highest BCUT2D eigenvalue weighted by Crippen LogP contribution is 2.19. The van der Waals surface area contributed by atoms with Gasteiger partial charge in [0.2, 0.25) is 0 Å². The van der Waals surface area contributed by atoms with E-state index in [1.165, 1.54) is 0 Å². The van der Waals surface area contributed by atoms with Crippen LogP contribution in [0.15, 0.2) is 24.3 Å². The van der Waals surface area contributed by atoms with Gasteiger partial charge in [-0.25, -0.2) is 0 Å². The van der Waals surface area contributed by atoms with E-state index < -0.39 is 0 Å². The number of esters is 1. The second-order valence-electron chi connectivity index (χ2n) is 3.45. The number of likely N-dealkylation sites (N-methyl/N-ethyl adjacent to an activating group) is 1. The second kappa shape index (κ2) is 6.54. The fraction of sp³-hybridized carbons (Fsp3) is 0.385. The number of para-hydroxylation sites is 1. The Kier molecular flexibility index (Phi) is 5.02. The number of hydrogen-bond acceptors (Lipinski definition) is 4. The van der Waals surface area contributed by atoms with E-state index in [4.69, 9.17) is 10.00 Å². The van der Waals surface area contributed by atoms with E-state index >= 15 is 0 Å². The van der Waals surface area contributed by atoms with Crippen molar-refractivity contribution < 1.29 is 9.53 Å². The van der Waals surface area contributed by atoms with E-state index in [2.05, 4.69) is 6.07 Å². The van der Waals surface area contributed by atoms with Gasteiger partial charge in [0, 0.05) is 6.54 Å². The van der Waals surface area contributed by atoms with E-state index in [0.717, 1.165) is 5.69 Å². The van der Waals surface area contributed by atoms with Gasteiger partial charge in [-0.05, 0) is 26.0 Å². The zero-order chi connectivity index (χ0) is 12.7. The molecule has 0 aliphatic carbocycles. The summed E-state index contributed by atoms with van der Waals surface area (Å²) in [6.07, 6.45) is 0. The van der Waals surface area contributed by atoms with Crippen LogP contribution < -0.4 is 4.90 Å². The minimum absolute atomic E-state index is 0.170. The molecule has 4 heteroatoms. The van der Waals surface area contributed by atoms with E-state index in [1.54, 1.807) is 19.1 Å². The van der Waals surface area contributed by atoms with Crippen molar-refractivity contribution in [1.82, 2.24) is 0 Å². The SMILES string of the molecule is CCOC(=O)CN(CC)c1ccccc1C#N. The fourth-order valence-corrected chi connectivity index (χ4v) is 1.57. The Bertz CT molecular complexity index is 424. The predicted molar refractivity (Wildman–Crippen MR) is 65.7 cm³/mol. The van der Waals surface area contributed by atoms with Gasteiger partial charge < -0.3 is 9.64 Å². The molecule has 0 spiro atoms. The van der Waals surface area contributed by atoms with Crippen molar-refractivity contribution in [3.63, 3.8) is 0 Å². The average molecular weight is 232 g/mol. The molecule has 0 N–H and O–H groups in total. The highest BCUT2D eigenvalue weighted by molar-refractivity contribution is 5.76. The zero-order valence-electron chi connectivity index (χ0n) is 10.1. The molecule has 0 radical (unpaired) electrons. The molecular formula is C13H16N2O2. The summed E-state index contributed by atoms with van der Waals surface area (Å²) < 4.78 is 4.91. The lowest BCUT2D eigenvalue weighted by Crippen LogP contribution is -2.31. The van der Waals surface area contributed by atoms with Gasteiger partial charge in [-0.2, -0.15) is 5.26 Å². The van der Waals surface area contributed by atoms with Gasteiger partial charge in [-0.1, -0.05) is 12.1 Å². The first-order chi connectivity index (χ1) is 8.22. The van der Waals surface area contributed by atoms with Crippen LogP contribution in [0.5, 0.6) is 0 Å². The number of benzene rings is 1. The molecule has 1 aromatic carbocycles. The third kappa shape index (κ3) is 3.49. The van der Waals surface area contributed by atoms with Gasteiger partial charge in [0.1, 0.15) is 12.6 Å². The molecule has 90 valence electrons. The van der Waals surface area contributed by atoms with Crippen molar-refractivity contribution >= 4 is 11.7 Å². The van der Waals surface area contributed by atoms with Gasteiger partial charge in [0.05, 0.1) is 17.9 Å². The number of ether oxygens (including phenoxy) is 1. The lowest BCUT2D eigenvalue weighted by atomic mass is 10.1. The lowest BCUT2D eigenvalue weighted by Gasteiger charge is -2.22. The summed E-state index contributed by atoms with van der Waals surface area (Å²) in [5.41, 5.74) is 1.34. The molecule has 1 aromatic rings. The Morgan fingerprint density at radius 1 is 1.41 bits per heavy atom. The van der Waals surface area contributed by atoms with Crippen molar-refractivity contribution in [3.8, 4) is 6.07 Å². The van der Waals surface area contributed by atoms with Gasteiger partial charge in [-0.15, -0.1) is 0 Å². The monoisotopic (exact) mass is 232 g/mol. The van der Waals surface area contributed by atoms with Gasteiger partial charge >= 0.3 is 5.97 Å². The Morgan fingerprint density at radius 3 is 2.71 bits per heavy atom. The van der Waals surface area contributed by atoms with Crippen LogP contribution >= 0.6 is 0 Å². The van der Waals surface area contributed by atoms with Gasteiger partial charge in [0.15, 0.2) is 0 Å². The first-order valence-corrected chi connectivity index (χ1v) is 5.62. The molecule has 0 amide bonds. The number of nitrogens with zero attached hydrogens (tertiary/aromatic N) is 2. The van der Waals surface area contributed by atoms with Crippen LogP contribution in [-0.2, 0) is 9.53 Å². The van der Waals surface area contributed by atoms with E-state index in [9.17, 15) is 4.79 Å². The largest absolute Gasteiger partial charge is 0.465 e. The lowest BCUT2D eigenvalue weighted by molar-refractivity contribution is -0.141. The molecule has 0 fully saturated rings. The maximum absolute atomic E-state index is 11.4. The Balaban J connectivity index is 2.87. The normalized spacial score (nSPS) is 9.47. The van der Waals surface area contributed by atoms with Crippen LogP contribution in [0.4, 0.5) is 5.69 Å². The molecule has 17 heavy (non-hydrogen) atoms.